The van der Waals surface area contributed by atoms with Gasteiger partial charge in [0.15, 0.2) is 0 Å². The summed E-state index contributed by atoms with van der Waals surface area (Å²) in [4.78, 5) is 11.9. The summed E-state index contributed by atoms with van der Waals surface area (Å²) in [6.45, 7) is 2.05. The van der Waals surface area contributed by atoms with Gasteiger partial charge in [0, 0.05) is 18.5 Å². The lowest BCUT2D eigenvalue weighted by Gasteiger charge is -2.03. The number of hydrogen-bond donors (Lipinski definition) is 1. The van der Waals surface area contributed by atoms with E-state index >= 15 is 0 Å². The molecule has 2 N–H and O–H groups in total. The third kappa shape index (κ3) is 4.25. The molecule has 2 rings (SSSR count). The summed E-state index contributed by atoms with van der Waals surface area (Å²) in [6, 6.07) is 15.8. The van der Waals surface area contributed by atoms with E-state index in [1.54, 1.807) is 0 Å². The number of aryl methyl sites for hydroxylation is 2. The van der Waals surface area contributed by atoms with Crippen LogP contribution in [0.5, 0.6) is 0 Å². The Morgan fingerprint density at radius 1 is 0.947 bits per heavy atom. The van der Waals surface area contributed by atoms with E-state index in [2.05, 4.69) is 0 Å². The molecule has 0 aliphatic heterocycles. The Morgan fingerprint density at radius 2 is 1.53 bits per heavy atom. The summed E-state index contributed by atoms with van der Waals surface area (Å²) in [6.07, 6.45) is 1.89. The largest absolute Gasteiger partial charge is 0.399 e. The number of carbonyl (C=O) groups excluding carboxylic acids is 1. The second-order valence-electron chi connectivity index (χ2n) is 4.94. The zero-order valence-corrected chi connectivity index (χ0v) is 11.2. The Balaban J connectivity index is 1.84. The molecule has 2 aromatic carbocycles. The fourth-order valence-corrected chi connectivity index (χ4v) is 1.99. The van der Waals surface area contributed by atoms with Gasteiger partial charge < -0.3 is 5.73 Å². The van der Waals surface area contributed by atoms with Crippen molar-refractivity contribution < 1.29 is 4.79 Å². The van der Waals surface area contributed by atoms with Gasteiger partial charge in [-0.15, -0.1) is 0 Å². The first-order chi connectivity index (χ1) is 9.13. The van der Waals surface area contributed by atoms with Crippen LogP contribution in [0.1, 0.15) is 23.1 Å². The van der Waals surface area contributed by atoms with Crippen molar-refractivity contribution in [3.05, 3.63) is 65.2 Å². The smallest absolute Gasteiger partial charge is 0.137 e. The first-order valence-corrected chi connectivity index (χ1v) is 6.55. The number of Topliss-reactive ketones (excluding diaryl/α,β-unsaturated/α-hetero) is 1. The van der Waals surface area contributed by atoms with Crippen molar-refractivity contribution >= 4 is 11.5 Å². The van der Waals surface area contributed by atoms with Crippen LogP contribution in [0.15, 0.2) is 48.5 Å². The number of carbonyl (C=O) groups is 1. The predicted octanol–water partition coefficient (Wildman–Crippen LogP) is 3.32. The third-order valence-electron chi connectivity index (χ3n) is 3.19. The molecule has 0 unspecified atom stereocenters. The molecule has 0 bridgehead atoms. The average molecular weight is 253 g/mol. The third-order valence-corrected chi connectivity index (χ3v) is 3.19. The van der Waals surface area contributed by atoms with Crippen molar-refractivity contribution in [2.24, 2.45) is 0 Å². The van der Waals surface area contributed by atoms with Crippen molar-refractivity contribution in [3.8, 4) is 0 Å². The van der Waals surface area contributed by atoms with E-state index < -0.39 is 0 Å². The molecular weight excluding hydrogens is 234 g/mol. The second-order valence-corrected chi connectivity index (χ2v) is 4.94. The fourth-order valence-electron chi connectivity index (χ4n) is 1.99. The van der Waals surface area contributed by atoms with Crippen molar-refractivity contribution in [1.29, 1.82) is 0 Å². The number of hydrogen-bond acceptors (Lipinski definition) is 2. The zero-order chi connectivity index (χ0) is 13.7. The molecule has 2 nitrogen and oxygen atoms in total. The molecule has 2 aromatic rings. The minimum atomic E-state index is 0.278. The first kappa shape index (κ1) is 13.3. The van der Waals surface area contributed by atoms with Crippen LogP contribution in [-0.2, 0) is 17.6 Å². The monoisotopic (exact) mass is 253 g/mol. The maximum atomic E-state index is 11.9. The Morgan fingerprint density at radius 3 is 2.16 bits per heavy atom. The number of nitrogens with two attached hydrogens (primary N) is 1. The molecule has 0 saturated carbocycles. The minimum absolute atomic E-state index is 0.278. The van der Waals surface area contributed by atoms with Gasteiger partial charge in [-0.25, -0.2) is 0 Å². The van der Waals surface area contributed by atoms with Gasteiger partial charge in [0.1, 0.15) is 5.78 Å². The van der Waals surface area contributed by atoms with E-state index in [0.717, 1.165) is 23.2 Å². The number of rotatable bonds is 5. The number of benzene rings is 2. The van der Waals surface area contributed by atoms with Crippen LogP contribution in [0, 0.1) is 6.92 Å². The molecule has 98 valence electrons. The van der Waals surface area contributed by atoms with Gasteiger partial charge in [-0.3, -0.25) is 4.79 Å². The predicted molar refractivity (Wildman–Crippen MR) is 79.1 cm³/mol. The Labute approximate surface area is 114 Å². The zero-order valence-electron chi connectivity index (χ0n) is 11.2. The molecule has 0 atom stereocenters. The van der Waals surface area contributed by atoms with Crippen molar-refractivity contribution in [3.63, 3.8) is 0 Å². The van der Waals surface area contributed by atoms with Crippen LogP contribution in [0.3, 0.4) is 0 Å². The summed E-state index contributed by atoms with van der Waals surface area (Å²) in [5.74, 6) is 0.278. The normalized spacial score (nSPS) is 10.4. The van der Waals surface area contributed by atoms with Crippen LogP contribution in [0.25, 0.3) is 0 Å². The Bertz CT molecular complexity index is 540. The highest BCUT2D eigenvalue weighted by molar-refractivity contribution is 5.81. The van der Waals surface area contributed by atoms with E-state index in [1.165, 1.54) is 5.56 Å². The van der Waals surface area contributed by atoms with Crippen LogP contribution in [0.4, 0.5) is 5.69 Å². The van der Waals surface area contributed by atoms with Gasteiger partial charge in [0.2, 0.25) is 0 Å². The van der Waals surface area contributed by atoms with Crippen LogP contribution in [-0.4, -0.2) is 5.78 Å². The quantitative estimate of drug-likeness (QED) is 0.831. The average Bonchev–Trinajstić information content (AvgIpc) is 2.41. The van der Waals surface area contributed by atoms with E-state index in [9.17, 15) is 4.79 Å². The van der Waals surface area contributed by atoms with Gasteiger partial charge in [-0.2, -0.15) is 0 Å². The van der Waals surface area contributed by atoms with Gasteiger partial charge in [-0.1, -0.05) is 42.0 Å². The van der Waals surface area contributed by atoms with Crippen molar-refractivity contribution in [1.82, 2.24) is 0 Å². The van der Waals surface area contributed by atoms with E-state index in [1.807, 2.05) is 55.5 Å². The topological polar surface area (TPSA) is 43.1 Å². The van der Waals surface area contributed by atoms with E-state index in [0.29, 0.717) is 12.8 Å². The summed E-state index contributed by atoms with van der Waals surface area (Å²) in [5.41, 5.74) is 9.86. The minimum Gasteiger partial charge on any atom is -0.399 e. The van der Waals surface area contributed by atoms with Gasteiger partial charge in [-0.05, 0) is 36.6 Å². The highest BCUT2D eigenvalue weighted by Gasteiger charge is 2.04. The summed E-state index contributed by atoms with van der Waals surface area (Å²) < 4.78 is 0. The molecule has 19 heavy (non-hydrogen) atoms. The molecule has 0 aromatic heterocycles. The fraction of sp³-hybridized carbons (Fsp3) is 0.235. The van der Waals surface area contributed by atoms with E-state index in [-0.39, 0.29) is 5.78 Å². The standard InChI is InChI=1S/C17H19NO/c1-13-2-4-15(5-3-13)12-17(19)11-8-14-6-9-16(18)10-7-14/h2-7,9-10H,8,11-12,18H2,1H3. The Kier molecular flexibility index (Phi) is 4.35. The maximum Gasteiger partial charge on any atom is 0.137 e. The van der Waals surface area contributed by atoms with Crippen molar-refractivity contribution in [2.75, 3.05) is 5.73 Å². The summed E-state index contributed by atoms with van der Waals surface area (Å²) in [5, 5.41) is 0. The molecule has 0 amide bonds. The number of anilines is 1. The lowest BCUT2D eigenvalue weighted by molar-refractivity contribution is -0.118. The van der Waals surface area contributed by atoms with Crippen LogP contribution >= 0.6 is 0 Å². The number of nitrogen functional groups attached to an aromatic ring is 1. The first-order valence-electron chi connectivity index (χ1n) is 6.55. The highest BCUT2D eigenvalue weighted by Crippen LogP contribution is 2.10. The Hall–Kier alpha value is -2.09. The maximum absolute atomic E-state index is 11.9. The summed E-state index contributed by atoms with van der Waals surface area (Å²) in [7, 11) is 0. The molecule has 0 aliphatic carbocycles. The molecule has 0 fully saturated rings. The molecule has 0 radical (unpaired) electrons. The van der Waals surface area contributed by atoms with Gasteiger partial charge >= 0.3 is 0 Å². The van der Waals surface area contributed by atoms with Gasteiger partial charge in [0.05, 0.1) is 0 Å². The van der Waals surface area contributed by atoms with Crippen molar-refractivity contribution in [2.45, 2.75) is 26.2 Å². The van der Waals surface area contributed by atoms with Gasteiger partial charge in [0.25, 0.3) is 0 Å². The second kappa shape index (κ2) is 6.19. The van der Waals surface area contributed by atoms with Crippen LogP contribution < -0.4 is 5.73 Å². The SMILES string of the molecule is Cc1ccc(CC(=O)CCc2ccc(N)cc2)cc1. The number of ketones is 1. The molecular formula is C17H19NO. The molecule has 0 saturated heterocycles. The molecule has 0 heterocycles. The lowest BCUT2D eigenvalue weighted by Crippen LogP contribution is -2.04. The molecule has 0 aliphatic rings. The highest BCUT2D eigenvalue weighted by atomic mass is 16.1. The van der Waals surface area contributed by atoms with E-state index in [4.69, 9.17) is 5.73 Å². The van der Waals surface area contributed by atoms with Crippen LogP contribution in [0.2, 0.25) is 0 Å². The lowest BCUT2D eigenvalue weighted by atomic mass is 10.0. The molecule has 0 spiro atoms. The molecule has 2 heteroatoms. The summed E-state index contributed by atoms with van der Waals surface area (Å²) >= 11 is 0.